The smallest absolute Gasteiger partial charge is 0.321 e. The van der Waals surface area contributed by atoms with E-state index in [9.17, 15) is 9.90 Å². The monoisotopic (exact) mass is 266 g/mol. The fourth-order valence-electron chi connectivity index (χ4n) is 1.64. The van der Waals surface area contributed by atoms with E-state index in [1.165, 1.54) is 0 Å². The SMILES string of the molecule is COCCCN(C)C(=O)Nc1cccc(C(C)O)c1. The molecule has 1 aromatic carbocycles. The summed E-state index contributed by atoms with van der Waals surface area (Å²) < 4.78 is 4.95. The molecule has 0 bridgehead atoms. The normalized spacial score (nSPS) is 12.0. The number of nitrogens with zero attached hydrogens (tertiary/aromatic N) is 1. The molecule has 1 unspecified atom stereocenters. The number of rotatable bonds is 6. The van der Waals surface area contributed by atoms with Crippen molar-refractivity contribution < 1.29 is 14.6 Å². The van der Waals surface area contributed by atoms with E-state index >= 15 is 0 Å². The minimum absolute atomic E-state index is 0.168. The highest BCUT2D eigenvalue weighted by atomic mass is 16.5. The number of methoxy groups -OCH3 is 1. The van der Waals surface area contributed by atoms with Crippen LogP contribution in [0.3, 0.4) is 0 Å². The van der Waals surface area contributed by atoms with Crippen LogP contribution >= 0.6 is 0 Å². The van der Waals surface area contributed by atoms with Crippen molar-refractivity contribution in [3.63, 3.8) is 0 Å². The van der Waals surface area contributed by atoms with E-state index in [-0.39, 0.29) is 6.03 Å². The highest BCUT2D eigenvalue weighted by Gasteiger charge is 2.09. The van der Waals surface area contributed by atoms with Gasteiger partial charge in [-0.15, -0.1) is 0 Å². The number of nitrogens with one attached hydrogen (secondary N) is 1. The van der Waals surface area contributed by atoms with Gasteiger partial charge >= 0.3 is 6.03 Å². The molecule has 0 aliphatic heterocycles. The molecular weight excluding hydrogens is 244 g/mol. The lowest BCUT2D eigenvalue weighted by Gasteiger charge is -2.18. The van der Waals surface area contributed by atoms with Crippen molar-refractivity contribution in [2.45, 2.75) is 19.4 Å². The second-order valence-corrected chi connectivity index (χ2v) is 4.50. The second kappa shape index (κ2) is 7.76. The summed E-state index contributed by atoms with van der Waals surface area (Å²) in [5.41, 5.74) is 1.46. The molecule has 5 nitrogen and oxygen atoms in total. The summed E-state index contributed by atoms with van der Waals surface area (Å²) in [5, 5.41) is 12.3. The molecule has 0 aliphatic carbocycles. The van der Waals surface area contributed by atoms with Gasteiger partial charge in [0.05, 0.1) is 6.10 Å². The van der Waals surface area contributed by atoms with Crippen molar-refractivity contribution in [1.82, 2.24) is 4.90 Å². The first-order valence-corrected chi connectivity index (χ1v) is 6.33. The lowest BCUT2D eigenvalue weighted by atomic mass is 10.1. The third-order valence-corrected chi connectivity index (χ3v) is 2.81. The average molecular weight is 266 g/mol. The summed E-state index contributed by atoms with van der Waals surface area (Å²) in [6.45, 7) is 2.96. The van der Waals surface area contributed by atoms with Gasteiger partial charge in [-0.1, -0.05) is 12.1 Å². The summed E-state index contributed by atoms with van der Waals surface area (Å²) in [5.74, 6) is 0. The van der Waals surface area contributed by atoms with E-state index in [1.807, 2.05) is 12.1 Å². The van der Waals surface area contributed by atoms with Gasteiger partial charge in [0.2, 0.25) is 0 Å². The summed E-state index contributed by atoms with van der Waals surface area (Å²) >= 11 is 0. The number of hydrogen-bond donors (Lipinski definition) is 2. The number of hydrogen-bond acceptors (Lipinski definition) is 3. The van der Waals surface area contributed by atoms with Crippen LogP contribution in [0.4, 0.5) is 10.5 Å². The van der Waals surface area contributed by atoms with Crippen molar-refractivity contribution in [3.8, 4) is 0 Å². The number of carbonyl (C=O) groups excluding carboxylic acids is 1. The maximum atomic E-state index is 11.9. The minimum atomic E-state index is -0.545. The molecule has 0 radical (unpaired) electrons. The number of benzene rings is 1. The molecule has 1 atom stereocenters. The molecule has 2 N–H and O–H groups in total. The van der Waals surface area contributed by atoms with E-state index in [4.69, 9.17) is 4.74 Å². The largest absolute Gasteiger partial charge is 0.389 e. The quantitative estimate of drug-likeness (QED) is 0.776. The fraction of sp³-hybridized carbons (Fsp3) is 0.500. The summed E-state index contributed by atoms with van der Waals surface area (Å²) in [4.78, 5) is 13.5. The Kier molecular flexibility index (Phi) is 6.32. The molecule has 0 aliphatic rings. The summed E-state index contributed by atoms with van der Waals surface area (Å²) in [7, 11) is 3.38. The number of ether oxygens (including phenoxy) is 1. The lowest BCUT2D eigenvalue weighted by molar-refractivity contribution is 0.179. The Morgan fingerprint density at radius 3 is 2.89 bits per heavy atom. The summed E-state index contributed by atoms with van der Waals surface area (Å²) in [6.07, 6.45) is 0.255. The topological polar surface area (TPSA) is 61.8 Å². The molecular formula is C14H22N2O3. The summed E-state index contributed by atoms with van der Waals surface area (Å²) in [6, 6.07) is 7.03. The molecule has 106 valence electrons. The zero-order valence-corrected chi connectivity index (χ0v) is 11.7. The maximum Gasteiger partial charge on any atom is 0.321 e. The van der Waals surface area contributed by atoms with Gasteiger partial charge < -0.3 is 20.1 Å². The first kappa shape index (κ1) is 15.5. The van der Waals surface area contributed by atoms with E-state index in [0.717, 1.165) is 12.0 Å². The van der Waals surface area contributed by atoms with E-state index < -0.39 is 6.10 Å². The fourth-order valence-corrected chi connectivity index (χ4v) is 1.64. The molecule has 1 rings (SSSR count). The number of amides is 2. The van der Waals surface area contributed by atoms with E-state index in [0.29, 0.717) is 18.8 Å². The molecule has 5 heteroatoms. The van der Waals surface area contributed by atoms with Crippen LogP contribution in [0.25, 0.3) is 0 Å². The molecule has 0 fully saturated rings. The van der Waals surface area contributed by atoms with Gasteiger partial charge in [-0.05, 0) is 31.0 Å². The van der Waals surface area contributed by atoms with Crippen LogP contribution in [0.1, 0.15) is 25.0 Å². The van der Waals surface area contributed by atoms with Crippen molar-refractivity contribution in [1.29, 1.82) is 0 Å². The van der Waals surface area contributed by atoms with Gasteiger partial charge in [0.15, 0.2) is 0 Å². The Morgan fingerprint density at radius 2 is 2.26 bits per heavy atom. The van der Waals surface area contributed by atoms with Crippen molar-refractivity contribution in [2.24, 2.45) is 0 Å². The number of anilines is 1. The molecule has 0 heterocycles. The van der Waals surface area contributed by atoms with Gasteiger partial charge in [-0.2, -0.15) is 0 Å². The first-order chi connectivity index (χ1) is 9.04. The molecule has 1 aromatic rings. The number of urea groups is 1. The molecule has 0 saturated carbocycles. The zero-order valence-electron chi connectivity index (χ0n) is 11.7. The highest BCUT2D eigenvalue weighted by Crippen LogP contribution is 2.17. The maximum absolute atomic E-state index is 11.9. The number of aliphatic hydroxyl groups is 1. The van der Waals surface area contributed by atoms with Crippen LogP contribution < -0.4 is 5.32 Å². The predicted molar refractivity (Wildman–Crippen MR) is 75.2 cm³/mol. The third kappa shape index (κ3) is 5.28. The Balaban J connectivity index is 2.54. The Hall–Kier alpha value is -1.59. The molecule has 2 amide bonds. The molecule has 0 saturated heterocycles. The number of carbonyl (C=O) groups is 1. The van der Waals surface area contributed by atoms with Crippen LogP contribution in [0, 0.1) is 0 Å². The predicted octanol–water partition coefficient (Wildman–Crippen LogP) is 2.24. The Bertz CT molecular complexity index is 407. The van der Waals surface area contributed by atoms with Crippen molar-refractivity contribution in [2.75, 3.05) is 32.6 Å². The standard InChI is InChI=1S/C14H22N2O3/c1-11(17)12-6-4-7-13(10-12)15-14(18)16(2)8-5-9-19-3/h4,6-7,10-11,17H,5,8-9H2,1-3H3,(H,15,18). The van der Waals surface area contributed by atoms with Gasteiger partial charge in [-0.25, -0.2) is 4.79 Å². The lowest BCUT2D eigenvalue weighted by Crippen LogP contribution is -2.32. The van der Waals surface area contributed by atoms with Gasteiger partial charge in [-0.3, -0.25) is 0 Å². The Labute approximate surface area is 114 Å². The molecule has 19 heavy (non-hydrogen) atoms. The molecule has 0 spiro atoms. The van der Waals surface area contributed by atoms with Crippen LogP contribution in [0.2, 0.25) is 0 Å². The van der Waals surface area contributed by atoms with E-state index in [1.54, 1.807) is 38.1 Å². The highest BCUT2D eigenvalue weighted by molar-refractivity contribution is 5.89. The first-order valence-electron chi connectivity index (χ1n) is 6.33. The van der Waals surface area contributed by atoms with E-state index in [2.05, 4.69) is 5.32 Å². The van der Waals surface area contributed by atoms with Gasteiger partial charge in [0.1, 0.15) is 0 Å². The van der Waals surface area contributed by atoms with Crippen LogP contribution in [0.5, 0.6) is 0 Å². The zero-order chi connectivity index (χ0) is 14.3. The van der Waals surface area contributed by atoms with Crippen LogP contribution in [-0.2, 0) is 4.74 Å². The average Bonchev–Trinajstić information content (AvgIpc) is 2.39. The molecule has 0 aromatic heterocycles. The minimum Gasteiger partial charge on any atom is -0.389 e. The van der Waals surface area contributed by atoms with Gasteiger partial charge in [0.25, 0.3) is 0 Å². The third-order valence-electron chi connectivity index (χ3n) is 2.81. The van der Waals surface area contributed by atoms with Crippen LogP contribution in [0.15, 0.2) is 24.3 Å². The second-order valence-electron chi connectivity index (χ2n) is 4.50. The Morgan fingerprint density at radius 1 is 1.53 bits per heavy atom. The van der Waals surface area contributed by atoms with Gasteiger partial charge in [0, 0.05) is 33.0 Å². The van der Waals surface area contributed by atoms with Crippen molar-refractivity contribution in [3.05, 3.63) is 29.8 Å². The van der Waals surface area contributed by atoms with Crippen LogP contribution in [-0.4, -0.2) is 43.3 Å². The van der Waals surface area contributed by atoms with Crippen molar-refractivity contribution >= 4 is 11.7 Å². The number of aliphatic hydroxyl groups excluding tert-OH is 1.